The number of benzene rings is 3. The smallest absolute Gasteiger partial charge is 0.264 e. The summed E-state index contributed by atoms with van der Waals surface area (Å²) in [4.78, 5) is 29.1. The Kier molecular flexibility index (Phi) is 10.5. The third kappa shape index (κ3) is 8.24. The van der Waals surface area contributed by atoms with E-state index < -0.39 is 34.1 Å². The Balaban J connectivity index is 2.14. The minimum Gasteiger partial charge on any atom is -0.350 e. The van der Waals surface area contributed by atoms with Crippen molar-refractivity contribution in [2.75, 3.05) is 10.8 Å². The van der Waals surface area contributed by atoms with Gasteiger partial charge in [-0.3, -0.25) is 13.9 Å². The van der Waals surface area contributed by atoms with Gasteiger partial charge in [-0.15, -0.1) is 0 Å². The summed E-state index contributed by atoms with van der Waals surface area (Å²) in [6, 6.07) is 17.4. The van der Waals surface area contributed by atoms with Gasteiger partial charge in [-0.1, -0.05) is 60.5 Å². The molecule has 2 amide bonds. The van der Waals surface area contributed by atoms with Crippen LogP contribution in [0.1, 0.15) is 50.8 Å². The average Bonchev–Trinajstić information content (AvgIpc) is 2.87. The van der Waals surface area contributed by atoms with E-state index in [-0.39, 0.29) is 23.8 Å². The summed E-state index contributed by atoms with van der Waals surface area (Å²) in [5.41, 5.74) is 1.95. The minimum absolute atomic E-state index is 0.0465. The van der Waals surface area contributed by atoms with E-state index in [2.05, 4.69) is 5.32 Å². The Morgan fingerprint density at radius 2 is 1.46 bits per heavy atom. The van der Waals surface area contributed by atoms with Crippen LogP contribution >= 0.6 is 23.2 Å². The van der Waals surface area contributed by atoms with E-state index in [1.165, 1.54) is 17.0 Å². The van der Waals surface area contributed by atoms with E-state index in [9.17, 15) is 18.0 Å². The van der Waals surface area contributed by atoms with Gasteiger partial charge in [-0.2, -0.15) is 0 Å². The molecule has 0 unspecified atom stereocenters. The molecular weight excluding hydrogens is 581 g/mol. The number of rotatable bonds is 10. The lowest BCUT2D eigenvalue weighted by molar-refractivity contribution is -0.141. The number of aryl methyl sites for hydroxylation is 2. The molecule has 0 spiro atoms. The number of amides is 2. The van der Waals surface area contributed by atoms with Gasteiger partial charge in [0.05, 0.1) is 10.6 Å². The Hall–Kier alpha value is -3.07. The Bertz CT molecular complexity index is 1460. The molecule has 7 nitrogen and oxygen atoms in total. The van der Waals surface area contributed by atoms with Crippen molar-refractivity contribution >= 4 is 50.7 Å². The molecule has 0 fully saturated rings. The molecule has 220 valence electrons. The number of sulfonamides is 1. The summed E-state index contributed by atoms with van der Waals surface area (Å²) < 4.78 is 29.0. The first kappa shape index (κ1) is 32.4. The fourth-order valence-corrected chi connectivity index (χ4v) is 6.51. The molecule has 0 saturated heterocycles. The molecule has 0 heterocycles. The molecule has 41 heavy (non-hydrogen) atoms. The predicted molar refractivity (Wildman–Crippen MR) is 166 cm³/mol. The van der Waals surface area contributed by atoms with Gasteiger partial charge in [-0.05, 0) is 88.6 Å². The van der Waals surface area contributed by atoms with Crippen LogP contribution in [0.2, 0.25) is 10.0 Å². The second-order valence-corrected chi connectivity index (χ2v) is 13.7. The third-order valence-corrected chi connectivity index (χ3v) is 8.88. The summed E-state index contributed by atoms with van der Waals surface area (Å²) in [6.45, 7) is 10.4. The van der Waals surface area contributed by atoms with Crippen LogP contribution in [0, 0.1) is 13.8 Å². The molecule has 0 saturated carbocycles. The van der Waals surface area contributed by atoms with Gasteiger partial charge in [0, 0.05) is 27.7 Å². The zero-order valence-corrected chi connectivity index (χ0v) is 26.6. The van der Waals surface area contributed by atoms with Crippen LogP contribution in [0.3, 0.4) is 0 Å². The standard InChI is InChI=1S/C31H37Cl2N3O4S/c1-7-28(30(38)34-31(4,5)6)35(19-25-26(32)14-11-15-27(25)33)29(37)20-36(23-17-21(2)16-22(3)18-23)41(39,40)24-12-9-8-10-13-24/h8-18,28H,7,19-20H2,1-6H3,(H,34,38)/t28-/m1/s1. The zero-order chi connectivity index (χ0) is 30.5. The molecule has 0 bridgehead atoms. The number of nitrogens with zero attached hydrogens (tertiary/aromatic N) is 2. The summed E-state index contributed by atoms with van der Waals surface area (Å²) in [5.74, 6) is -0.934. The average molecular weight is 619 g/mol. The van der Waals surface area contributed by atoms with Gasteiger partial charge in [0.2, 0.25) is 11.8 Å². The highest BCUT2D eigenvalue weighted by Gasteiger charge is 2.35. The molecule has 3 aromatic rings. The topological polar surface area (TPSA) is 86.8 Å². The van der Waals surface area contributed by atoms with Gasteiger partial charge in [0.15, 0.2) is 0 Å². The molecule has 3 rings (SSSR count). The van der Waals surface area contributed by atoms with Gasteiger partial charge < -0.3 is 10.2 Å². The first-order valence-corrected chi connectivity index (χ1v) is 15.5. The normalized spacial score (nSPS) is 12.5. The number of anilines is 1. The van der Waals surface area contributed by atoms with Crippen molar-refractivity contribution in [3.8, 4) is 0 Å². The maximum Gasteiger partial charge on any atom is 0.264 e. The van der Waals surface area contributed by atoms with Crippen molar-refractivity contribution in [3.05, 3.63) is 93.5 Å². The maximum atomic E-state index is 14.2. The maximum absolute atomic E-state index is 14.2. The summed E-state index contributed by atoms with van der Waals surface area (Å²) in [6.07, 6.45) is 0.282. The number of halogens is 2. The molecule has 1 atom stereocenters. The third-order valence-electron chi connectivity index (χ3n) is 6.38. The molecule has 3 aromatic carbocycles. The summed E-state index contributed by atoms with van der Waals surface area (Å²) in [7, 11) is -4.15. The van der Waals surface area contributed by atoms with E-state index in [0.29, 0.717) is 21.3 Å². The SMILES string of the molecule is CC[C@H](C(=O)NC(C)(C)C)N(Cc1c(Cl)cccc1Cl)C(=O)CN(c1cc(C)cc(C)c1)S(=O)(=O)c1ccccc1. The van der Waals surface area contributed by atoms with Crippen LogP contribution in [0.25, 0.3) is 0 Å². The van der Waals surface area contributed by atoms with E-state index in [0.717, 1.165) is 15.4 Å². The van der Waals surface area contributed by atoms with Crippen LogP contribution in [0.4, 0.5) is 5.69 Å². The Morgan fingerprint density at radius 1 is 0.902 bits per heavy atom. The highest BCUT2D eigenvalue weighted by molar-refractivity contribution is 7.92. The molecule has 10 heteroatoms. The quantitative estimate of drug-likeness (QED) is 0.280. The second kappa shape index (κ2) is 13.3. The number of carbonyl (C=O) groups is 2. The fraction of sp³-hybridized carbons (Fsp3) is 0.355. The highest BCUT2D eigenvalue weighted by Crippen LogP contribution is 2.29. The van der Waals surface area contributed by atoms with Crippen molar-refractivity contribution in [3.63, 3.8) is 0 Å². The lowest BCUT2D eigenvalue weighted by Crippen LogP contribution is -2.55. The van der Waals surface area contributed by atoms with Crippen LogP contribution in [-0.4, -0.2) is 43.3 Å². The van der Waals surface area contributed by atoms with Crippen LogP contribution < -0.4 is 9.62 Å². The van der Waals surface area contributed by atoms with Crippen LogP contribution in [0.5, 0.6) is 0 Å². The number of nitrogens with one attached hydrogen (secondary N) is 1. The summed E-state index contributed by atoms with van der Waals surface area (Å²) in [5, 5.41) is 3.62. The van der Waals surface area contributed by atoms with Crippen molar-refractivity contribution in [2.24, 2.45) is 0 Å². The molecule has 0 aliphatic rings. The van der Waals surface area contributed by atoms with Crippen molar-refractivity contribution in [1.29, 1.82) is 0 Å². The van der Waals surface area contributed by atoms with E-state index >= 15 is 0 Å². The Labute approximate surface area is 253 Å². The monoisotopic (exact) mass is 617 g/mol. The van der Waals surface area contributed by atoms with Gasteiger partial charge in [0.25, 0.3) is 10.0 Å². The second-order valence-electron chi connectivity index (χ2n) is 11.1. The zero-order valence-electron chi connectivity index (χ0n) is 24.2. The largest absolute Gasteiger partial charge is 0.350 e. The minimum atomic E-state index is -4.15. The lowest BCUT2D eigenvalue weighted by atomic mass is 10.1. The van der Waals surface area contributed by atoms with Gasteiger partial charge in [0.1, 0.15) is 12.6 Å². The molecular formula is C31H37Cl2N3O4S. The number of hydrogen-bond donors (Lipinski definition) is 1. The Morgan fingerprint density at radius 3 is 1.98 bits per heavy atom. The fourth-order valence-electron chi connectivity index (χ4n) is 4.57. The molecule has 0 aromatic heterocycles. The lowest BCUT2D eigenvalue weighted by Gasteiger charge is -2.35. The van der Waals surface area contributed by atoms with Crippen LogP contribution in [0.15, 0.2) is 71.6 Å². The number of carbonyl (C=O) groups excluding carboxylic acids is 2. The highest BCUT2D eigenvalue weighted by atomic mass is 35.5. The van der Waals surface area contributed by atoms with Crippen molar-refractivity contribution < 1.29 is 18.0 Å². The van der Waals surface area contributed by atoms with E-state index in [1.807, 2.05) is 40.7 Å². The number of hydrogen-bond acceptors (Lipinski definition) is 4. The van der Waals surface area contributed by atoms with Crippen LogP contribution in [-0.2, 0) is 26.2 Å². The van der Waals surface area contributed by atoms with E-state index in [1.54, 1.807) is 55.5 Å². The first-order valence-electron chi connectivity index (χ1n) is 13.3. The molecule has 0 aliphatic carbocycles. The van der Waals surface area contributed by atoms with Gasteiger partial charge in [-0.25, -0.2) is 8.42 Å². The van der Waals surface area contributed by atoms with Crippen molar-refractivity contribution in [1.82, 2.24) is 10.2 Å². The van der Waals surface area contributed by atoms with Gasteiger partial charge >= 0.3 is 0 Å². The van der Waals surface area contributed by atoms with E-state index in [4.69, 9.17) is 23.2 Å². The first-order chi connectivity index (χ1) is 19.1. The summed E-state index contributed by atoms with van der Waals surface area (Å²) >= 11 is 12.9. The predicted octanol–water partition coefficient (Wildman–Crippen LogP) is 6.53. The molecule has 0 aliphatic heterocycles. The molecule has 1 N–H and O–H groups in total. The van der Waals surface area contributed by atoms with Crippen molar-refractivity contribution in [2.45, 2.75) is 71.0 Å². The molecule has 0 radical (unpaired) electrons.